The zero-order chi connectivity index (χ0) is 8.97. The molecule has 1 aromatic heterocycles. The van der Waals surface area contributed by atoms with E-state index in [1.807, 2.05) is 0 Å². The largest absolute Gasteiger partial charge is 0.299 e. The predicted octanol–water partition coefficient (Wildman–Crippen LogP) is 2.60. The molecular formula is C8H5Cl2NO. The van der Waals surface area contributed by atoms with Crippen LogP contribution in [-0.4, -0.2) is 11.3 Å². The molecule has 0 fully saturated rings. The van der Waals surface area contributed by atoms with Crippen molar-refractivity contribution < 1.29 is 4.79 Å². The van der Waals surface area contributed by atoms with Gasteiger partial charge in [-0.2, -0.15) is 0 Å². The number of allylic oxidation sites excluding steroid dienone is 1. The molecule has 0 aliphatic carbocycles. The summed E-state index contributed by atoms with van der Waals surface area (Å²) in [6.07, 6.45) is 6.47. The van der Waals surface area contributed by atoms with Crippen LogP contribution in [-0.2, 0) is 4.79 Å². The van der Waals surface area contributed by atoms with Gasteiger partial charge in [0.25, 0.3) is 0 Å². The van der Waals surface area contributed by atoms with Gasteiger partial charge in [-0.15, -0.1) is 0 Å². The summed E-state index contributed by atoms with van der Waals surface area (Å²) in [5.41, 5.74) is 0.612. The number of hydrogen-bond acceptors (Lipinski definition) is 2. The number of aromatic nitrogens is 1. The van der Waals surface area contributed by atoms with Crippen molar-refractivity contribution in [2.75, 3.05) is 0 Å². The van der Waals surface area contributed by atoms with Gasteiger partial charge in [0.15, 0.2) is 0 Å². The maximum Gasteiger partial charge on any atom is 0.142 e. The number of pyridine rings is 1. The number of halogens is 2. The molecule has 0 spiro atoms. The highest BCUT2D eigenvalue weighted by Gasteiger charge is 2.00. The molecule has 1 heterocycles. The van der Waals surface area contributed by atoms with E-state index in [1.54, 1.807) is 6.08 Å². The van der Waals surface area contributed by atoms with Crippen LogP contribution < -0.4 is 0 Å². The molecule has 4 heteroatoms. The van der Waals surface area contributed by atoms with E-state index in [0.717, 1.165) is 0 Å². The number of carbonyl (C=O) groups is 1. The highest BCUT2D eigenvalue weighted by Crippen LogP contribution is 2.23. The van der Waals surface area contributed by atoms with Crippen LogP contribution >= 0.6 is 23.2 Å². The first-order chi connectivity index (χ1) is 5.75. The second-order valence-corrected chi connectivity index (χ2v) is 2.83. The molecule has 0 amide bonds. The fourth-order valence-electron chi connectivity index (χ4n) is 0.716. The first-order valence-electron chi connectivity index (χ1n) is 3.16. The smallest absolute Gasteiger partial charge is 0.142 e. The van der Waals surface area contributed by atoms with Crippen LogP contribution in [0.1, 0.15) is 5.56 Å². The third-order valence-corrected chi connectivity index (χ3v) is 1.83. The Morgan fingerprint density at radius 3 is 2.33 bits per heavy atom. The van der Waals surface area contributed by atoms with Crippen LogP contribution in [0.3, 0.4) is 0 Å². The van der Waals surface area contributed by atoms with E-state index in [0.29, 0.717) is 21.9 Å². The lowest BCUT2D eigenvalue weighted by atomic mass is 10.2. The maximum atomic E-state index is 10.0. The summed E-state index contributed by atoms with van der Waals surface area (Å²) in [5, 5.41) is 0.862. The molecule has 0 saturated carbocycles. The van der Waals surface area contributed by atoms with Crippen molar-refractivity contribution in [1.29, 1.82) is 0 Å². The highest BCUT2D eigenvalue weighted by molar-refractivity contribution is 6.36. The molecule has 0 aromatic carbocycles. The van der Waals surface area contributed by atoms with Gasteiger partial charge in [0.1, 0.15) is 6.29 Å². The molecule has 12 heavy (non-hydrogen) atoms. The minimum atomic E-state index is 0.431. The standard InChI is InChI=1S/C8H5Cl2NO/c9-7-4-11-5-8(10)6(7)2-1-3-12/h1-5H. The van der Waals surface area contributed by atoms with Crippen LogP contribution in [0.15, 0.2) is 18.5 Å². The Hall–Kier alpha value is -0.860. The van der Waals surface area contributed by atoms with Crippen molar-refractivity contribution in [2.45, 2.75) is 0 Å². The van der Waals surface area contributed by atoms with Gasteiger partial charge < -0.3 is 0 Å². The third kappa shape index (κ3) is 2.06. The average Bonchev–Trinajstić information content (AvgIpc) is 2.04. The molecule has 2 nitrogen and oxygen atoms in total. The summed E-state index contributed by atoms with van der Waals surface area (Å²) in [6, 6.07) is 0. The molecule has 0 unspecified atom stereocenters. The summed E-state index contributed by atoms with van der Waals surface area (Å²) in [7, 11) is 0. The van der Waals surface area contributed by atoms with E-state index < -0.39 is 0 Å². The third-order valence-electron chi connectivity index (χ3n) is 1.23. The van der Waals surface area contributed by atoms with Crippen LogP contribution in [0.4, 0.5) is 0 Å². The Balaban J connectivity index is 3.12. The van der Waals surface area contributed by atoms with Crippen molar-refractivity contribution in [3.8, 4) is 0 Å². The lowest BCUT2D eigenvalue weighted by Gasteiger charge is -1.98. The van der Waals surface area contributed by atoms with Crippen molar-refractivity contribution in [3.63, 3.8) is 0 Å². The molecule has 0 aliphatic rings. The van der Waals surface area contributed by atoms with Crippen molar-refractivity contribution in [3.05, 3.63) is 34.1 Å². The van der Waals surface area contributed by atoms with Crippen molar-refractivity contribution >= 4 is 35.6 Å². The van der Waals surface area contributed by atoms with E-state index >= 15 is 0 Å². The second-order valence-electron chi connectivity index (χ2n) is 2.01. The van der Waals surface area contributed by atoms with Gasteiger partial charge in [-0.25, -0.2) is 0 Å². The summed E-state index contributed by atoms with van der Waals surface area (Å²) in [6.45, 7) is 0. The van der Waals surface area contributed by atoms with Gasteiger partial charge >= 0.3 is 0 Å². The Morgan fingerprint density at radius 1 is 1.25 bits per heavy atom. The minimum absolute atomic E-state index is 0.431. The zero-order valence-electron chi connectivity index (χ0n) is 6.00. The molecule has 1 aromatic rings. The van der Waals surface area contributed by atoms with E-state index in [9.17, 15) is 4.79 Å². The van der Waals surface area contributed by atoms with E-state index in [1.165, 1.54) is 18.5 Å². The summed E-state index contributed by atoms with van der Waals surface area (Å²) in [4.78, 5) is 13.8. The second kappa shape index (κ2) is 4.24. The van der Waals surface area contributed by atoms with E-state index in [2.05, 4.69) is 4.98 Å². The Kier molecular flexibility index (Phi) is 3.26. The Morgan fingerprint density at radius 2 is 1.83 bits per heavy atom. The number of rotatable bonds is 2. The first-order valence-corrected chi connectivity index (χ1v) is 3.92. The molecule has 0 atom stereocenters. The van der Waals surface area contributed by atoms with Crippen LogP contribution in [0, 0.1) is 0 Å². The number of nitrogens with zero attached hydrogens (tertiary/aromatic N) is 1. The van der Waals surface area contributed by atoms with Gasteiger partial charge in [0.2, 0.25) is 0 Å². The molecule has 0 saturated heterocycles. The molecular weight excluding hydrogens is 197 g/mol. The van der Waals surface area contributed by atoms with Gasteiger partial charge in [-0.3, -0.25) is 9.78 Å². The van der Waals surface area contributed by atoms with Crippen LogP contribution in [0.5, 0.6) is 0 Å². The first kappa shape index (κ1) is 9.23. The van der Waals surface area contributed by atoms with Crippen molar-refractivity contribution in [2.24, 2.45) is 0 Å². The van der Waals surface area contributed by atoms with Gasteiger partial charge in [0, 0.05) is 18.0 Å². The van der Waals surface area contributed by atoms with E-state index in [4.69, 9.17) is 23.2 Å². The number of carbonyl (C=O) groups excluding carboxylic acids is 1. The van der Waals surface area contributed by atoms with Gasteiger partial charge in [-0.1, -0.05) is 23.2 Å². The van der Waals surface area contributed by atoms with Gasteiger partial charge in [0.05, 0.1) is 10.0 Å². The summed E-state index contributed by atoms with van der Waals surface area (Å²) >= 11 is 11.5. The molecule has 1 rings (SSSR count). The molecule has 0 bridgehead atoms. The normalized spacial score (nSPS) is 10.5. The summed E-state index contributed by atoms with van der Waals surface area (Å²) in [5.74, 6) is 0. The monoisotopic (exact) mass is 201 g/mol. The SMILES string of the molecule is O=CC=Cc1c(Cl)cncc1Cl. The molecule has 0 aliphatic heterocycles. The quantitative estimate of drug-likeness (QED) is 0.544. The maximum absolute atomic E-state index is 10.0. The highest BCUT2D eigenvalue weighted by atomic mass is 35.5. The van der Waals surface area contributed by atoms with Crippen molar-refractivity contribution in [1.82, 2.24) is 4.98 Å². The lowest BCUT2D eigenvalue weighted by Crippen LogP contribution is -1.80. The molecule has 0 radical (unpaired) electrons. The topological polar surface area (TPSA) is 30.0 Å². The van der Waals surface area contributed by atoms with Crippen LogP contribution in [0.25, 0.3) is 6.08 Å². The average molecular weight is 202 g/mol. The number of aldehydes is 1. The molecule has 62 valence electrons. The minimum Gasteiger partial charge on any atom is -0.299 e. The predicted molar refractivity (Wildman–Crippen MR) is 49.4 cm³/mol. The van der Waals surface area contributed by atoms with E-state index in [-0.39, 0.29) is 0 Å². The Bertz CT molecular complexity index is 303. The number of hydrogen-bond donors (Lipinski definition) is 0. The Labute approximate surface area is 79.8 Å². The molecule has 0 N–H and O–H groups in total. The fourth-order valence-corrected chi connectivity index (χ4v) is 1.21. The van der Waals surface area contributed by atoms with Gasteiger partial charge in [-0.05, 0) is 12.2 Å². The fraction of sp³-hybridized carbons (Fsp3) is 0. The van der Waals surface area contributed by atoms with Crippen LogP contribution in [0.2, 0.25) is 10.0 Å². The zero-order valence-corrected chi connectivity index (χ0v) is 7.51. The summed E-state index contributed by atoms with van der Waals surface area (Å²) < 4.78 is 0. The lowest BCUT2D eigenvalue weighted by molar-refractivity contribution is -0.104.